The molecule has 29 heavy (non-hydrogen) atoms. The van der Waals surface area contributed by atoms with E-state index in [-0.39, 0.29) is 29.4 Å². The number of fused-ring (bicyclic) bond motifs is 1. The highest BCUT2D eigenvalue weighted by Crippen LogP contribution is 2.39. The molecular formula is C20H19ClN2O4S2. The quantitative estimate of drug-likeness (QED) is 0.697. The number of hydrogen-bond donors (Lipinski definition) is 0. The van der Waals surface area contributed by atoms with Gasteiger partial charge in [-0.15, -0.1) is 0 Å². The Kier molecular flexibility index (Phi) is 5.85. The van der Waals surface area contributed by atoms with Crippen molar-refractivity contribution in [1.82, 2.24) is 4.90 Å². The molecule has 6 nitrogen and oxygen atoms in total. The Balaban J connectivity index is 1.51. The molecule has 0 bridgehead atoms. The van der Waals surface area contributed by atoms with E-state index in [1.807, 2.05) is 35.2 Å². The summed E-state index contributed by atoms with van der Waals surface area (Å²) < 4.78 is 29.7. The fourth-order valence-corrected chi connectivity index (χ4v) is 7.50. The number of ether oxygens (including phenoxy) is 1. The predicted molar refractivity (Wildman–Crippen MR) is 115 cm³/mol. The van der Waals surface area contributed by atoms with Crippen molar-refractivity contribution >= 4 is 44.3 Å². The largest absolute Gasteiger partial charge is 0.484 e. The van der Waals surface area contributed by atoms with E-state index >= 15 is 0 Å². The number of benzene rings is 2. The van der Waals surface area contributed by atoms with Crippen LogP contribution in [0.4, 0.5) is 0 Å². The Morgan fingerprint density at radius 3 is 2.59 bits per heavy atom. The second kappa shape index (κ2) is 8.38. The van der Waals surface area contributed by atoms with Crippen molar-refractivity contribution in [2.24, 2.45) is 4.99 Å². The van der Waals surface area contributed by atoms with Crippen molar-refractivity contribution < 1.29 is 17.9 Å². The lowest BCUT2D eigenvalue weighted by Crippen LogP contribution is -2.37. The van der Waals surface area contributed by atoms with Crippen molar-refractivity contribution in [2.75, 3.05) is 18.1 Å². The smallest absolute Gasteiger partial charge is 0.285 e. The molecule has 0 saturated carbocycles. The minimum atomic E-state index is -3.08. The van der Waals surface area contributed by atoms with E-state index in [4.69, 9.17) is 16.3 Å². The van der Waals surface area contributed by atoms with Crippen LogP contribution in [0.5, 0.6) is 5.75 Å². The average molecular weight is 451 g/mol. The van der Waals surface area contributed by atoms with E-state index in [0.29, 0.717) is 22.5 Å². The van der Waals surface area contributed by atoms with Crippen molar-refractivity contribution in [3.05, 3.63) is 65.2 Å². The molecule has 0 N–H and O–H groups in total. The zero-order valence-corrected chi connectivity index (χ0v) is 17.8. The number of aliphatic imine (C=N–C) groups is 1. The van der Waals surface area contributed by atoms with Crippen LogP contribution < -0.4 is 4.74 Å². The first kappa shape index (κ1) is 20.3. The normalized spacial score (nSPS) is 23.9. The number of halogens is 1. The number of sulfone groups is 1. The lowest BCUT2D eigenvalue weighted by Gasteiger charge is -2.24. The summed E-state index contributed by atoms with van der Waals surface area (Å²) in [4.78, 5) is 18.5. The molecule has 0 aromatic heterocycles. The second-order valence-corrected chi connectivity index (χ2v) is 10.7. The Labute approximate surface area is 178 Å². The fourth-order valence-electron chi connectivity index (χ4n) is 3.41. The lowest BCUT2D eigenvalue weighted by molar-refractivity contribution is -0.119. The minimum absolute atomic E-state index is 0.0754. The number of thioether (sulfide) groups is 1. The Hall–Kier alpha value is -2.03. The van der Waals surface area contributed by atoms with Gasteiger partial charge in [0.05, 0.1) is 17.5 Å². The predicted octanol–water partition coefficient (Wildman–Crippen LogP) is 3.02. The van der Waals surface area contributed by atoms with E-state index in [1.54, 1.807) is 24.3 Å². The zero-order chi connectivity index (χ0) is 20.4. The fraction of sp³-hybridized carbons (Fsp3) is 0.300. The van der Waals surface area contributed by atoms with E-state index in [1.165, 1.54) is 11.8 Å². The summed E-state index contributed by atoms with van der Waals surface area (Å²) >= 11 is 7.32. The van der Waals surface area contributed by atoms with Gasteiger partial charge in [0, 0.05) is 16.8 Å². The molecule has 2 saturated heterocycles. The zero-order valence-electron chi connectivity index (χ0n) is 15.4. The number of rotatable bonds is 5. The van der Waals surface area contributed by atoms with Crippen LogP contribution in [-0.2, 0) is 21.2 Å². The summed E-state index contributed by atoms with van der Waals surface area (Å²) in [6.45, 7) is 0.295. The first-order valence-electron chi connectivity index (χ1n) is 9.07. The van der Waals surface area contributed by atoms with Gasteiger partial charge in [0.15, 0.2) is 21.6 Å². The second-order valence-electron chi connectivity index (χ2n) is 6.94. The molecule has 0 spiro atoms. The molecule has 0 unspecified atom stereocenters. The van der Waals surface area contributed by atoms with Crippen molar-refractivity contribution in [1.29, 1.82) is 0 Å². The molecule has 2 aliphatic heterocycles. The van der Waals surface area contributed by atoms with Crippen LogP contribution in [0.25, 0.3) is 0 Å². The van der Waals surface area contributed by atoms with Crippen LogP contribution in [-0.4, -0.2) is 53.8 Å². The highest BCUT2D eigenvalue weighted by atomic mass is 35.5. The molecule has 152 valence electrons. The summed E-state index contributed by atoms with van der Waals surface area (Å²) in [7, 11) is -3.08. The van der Waals surface area contributed by atoms with Gasteiger partial charge in [-0.25, -0.2) is 8.42 Å². The van der Waals surface area contributed by atoms with E-state index < -0.39 is 15.7 Å². The minimum Gasteiger partial charge on any atom is -0.484 e. The maximum atomic E-state index is 12.4. The van der Waals surface area contributed by atoms with E-state index in [0.717, 1.165) is 5.56 Å². The number of carbonyl (C=O) groups is 1. The Bertz CT molecular complexity index is 1030. The highest BCUT2D eigenvalue weighted by molar-refractivity contribution is 8.15. The van der Waals surface area contributed by atoms with E-state index in [2.05, 4.69) is 4.99 Å². The third kappa shape index (κ3) is 4.94. The Morgan fingerprint density at radius 2 is 1.86 bits per heavy atom. The topological polar surface area (TPSA) is 76.0 Å². The van der Waals surface area contributed by atoms with Crippen LogP contribution in [0.3, 0.4) is 0 Å². The standard InChI is InChI=1S/C20H19ClN2O4S2/c21-15-8-6-14(7-9-15)10-23-17-12-29(25,26)13-18(17)28-20(23)22-19(24)11-27-16-4-2-1-3-5-16/h1-9,17-18H,10-13H2/t17-,18-/m0/s1. The van der Waals surface area contributed by atoms with Crippen LogP contribution in [0, 0.1) is 0 Å². The number of nitrogens with zero attached hydrogens (tertiary/aromatic N) is 2. The van der Waals surface area contributed by atoms with Gasteiger partial charge in [-0.05, 0) is 29.8 Å². The van der Waals surface area contributed by atoms with Gasteiger partial charge in [0.25, 0.3) is 5.91 Å². The summed E-state index contributed by atoms with van der Waals surface area (Å²) in [6, 6.07) is 16.2. The van der Waals surface area contributed by atoms with Crippen molar-refractivity contribution in [3.8, 4) is 5.75 Å². The summed E-state index contributed by atoms with van der Waals surface area (Å²) in [5, 5.41) is 1.06. The number of amidine groups is 1. The van der Waals surface area contributed by atoms with Crippen LogP contribution in [0.1, 0.15) is 5.56 Å². The third-order valence-corrected chi connectivity index (χ3v) is 8.27. The molecule has 2 atom stereocenters. The van der Waals surface area contributed by atoms with Gasteiger partial charge >= 0.3 is 0 Å². The van der Waals surface area contributed by atoms with Gasteiger partial charge in [-0.2, -0.15) is 4.99 Å². The molecule has 2 aliphatic rings. The maximum absolute atomic E-state index is 12.4. The van der Waals surface area contributed by atoms with E-state index in [9.17, 15) is 13.2 Å². The monoisotopic (exact) mass is 450 g/mol. The van der Waals surface area contributed by atoms with Gasteiger partial charge in [-0.1, -0.05) is 53.7 Å². The number of para-hydroxylation sites is 1. The molecule has 9 heteroatoms. The number of carbonyl (C=O) groups excluding carboxylic acids is 1. The number of hydrogen-bond acceptors (Lipinski definition) is 5. The molecule has 0 aliphatic carbocycles. The average Bonchev–Trinajstić information content (AvgIpc) is 3.15. The van der Waals surface area contributed by atoms with Crippen molar-refractivity contribution in [3.63, 3.8) is 0 Å². The van der Waals surface area contributed by atoms with Gasteiger partial charge < -0.3 is 9.64 Å². The molecule has 0 radical (unpaired) electrons. The van der Waals surface area contributed by atoms with Gasteiger partial charge in [0.1, 0.15) is 5.75 Å². The first-order chi connectivity index (χ1) is 13.9. The molecule has 2 fully saturated rings. The molecule has 2 aromatic rings. The van der Waals surface area contributed by atoms with Crippen LogP contribution >= 0.6 is 23.4 Å². The molecule has 1 amide bonds. The lowest BCUT2D eigenvalue weighted by atomic mass is 10.1. The molecule has 4 rings (SSSR count). The van der Waals surface area contributed by atoms with Gasteiger partial charge in [0.2, 0.25) is 0 Å². The number of amides is 1. The third-order valence-electron chi connectivity index (χ3n) is 4.77. The molecular weight excluding hydrogens is 432 g/mol. The Morgan fingerprint density at radius 1 is 1.14 bits per heavy atom. The van der Waals surface area contributed by atoms with Crippen LogP contribution in [0.2, 0.25) is 5.02 Å². The highest BCUT2D eigenvalue weighted by Gasteiger charge is 2.48. The maximum Gasteiger partial charge on any atom is 0.285 e. The summed E-state index contributed by atoms with van der Waals surface area (Å²) in [5.74, 6) is 0.375. The van der Waals surface area contributed by atoms with Crippen LogP contribution in [0.15, 0.2) is 59.6 Å². The first-order valence-corrected chi connectivity index (χ1v) is 12.1. The molecule has 2 aromatic carbocycles. The van der Waals surface area contributed by atoms with Crippen molar-refractivity contribution in [2.45, 2.75) is 17.8 Å². The SMILES string of the molecule is O=C(COc1ccccc1)N=C1S[C@H]2CS(=O)(=O)C[C@@H]2N1Cc1ccc(Cl)cc1. The summed E-state index contributed by atoms with van der Waals surface area (Å²) in [6.07, 6.45) is 0. The summed E-state index contributed by atoms with van der Waals surface area (Å²) in [5.41, 5.74) is 0.973. The van der Waals surface area contributed by atoms with Gasteiger partial charge in [-0.3, -0.25) is 4.79 Å². The molecule has 2 heterocycles.